The number of anilines is 1. The van der Waals surface area contributed by atoms with Crippen molar-refractivity contribution >= 4 is 39.9 Å². The van der Waals surface area contributed by atoms with E-state index in [2.05, 4.69) is 10.3 Å². The lowest BCUT2D eigenvalue weighted by atomic mass is 10.3. The third-order valence-electron chi connectivity index (χ3n) is 3.92. The quantitative estimate of drug-likeness (QED) is 0.677. The van der Waals surface area contributed by atoms with Gasteiger partial charge in [-0.2, -0.15) is 0 Å². The maximum Gasteiger partial charge on any atom is 0.260 e. The average molecular weight is 410 g/mol. The van der Waals surface area contributed by atoms with Crippen molar-refractivity contribution in [3.8, 4) is 5.75 Å². The van der Waals surface area contributed by atoms with E-state index in [1.807, 2.05) is 20.8 Å². The minimum atomic E-state index is -0.264. The Hall–Kier alpha value is -2.12. The van der Waals surface area contributed by atoms with Gasteiger partial charge in [0, 0.05) is 16.4 Å². The van der Waals surface area contributed by atoms with Crippen molar-refractivity contribution in [1.29, 1.82) is 0 Å². The van der Waals surface area contributed by atoms with Crippen LogP contribution < -0.4 is 10.1 Å². The third-order valence-corrected chi connectivity index (χ3v) is 5.16. The highest BCUT2D eigenvalue weighted by Gasteiger charge is 2.18. The van der Waals surface area contributed by atoms with E-state index in [0.29, 0.717) is 22.4 Å². The van der Waals surface area contributed by atoms with Crippen LogP contribution in [0.2, 0.25) is 5.02 Å². The van der Waals surface area contributed by atoms with Gasteiger partial charge in [0.15, 0.2) is 11.7 Å². The molecule has 2 amide bonds. The van der Waals surface area contributed by atoms with Crippen LogP contribution >= 0.6 is 22.9 Å². The van der Waals surface area contributed by atoms with Gasteiger partial charge < -0.3 is 15.0 Å². The van der Waals surface area contributed by atoms with E-state index in [1.165, 1.54) is 16.2 Å². The highest BCUT2D eigenvalue weighted by Crippen LogP contribution is 2.21. The fourth-order valence-corrected chi connectivity index (χ4v) is 3.22. The molecule has 0 bridgehead atoms. The minimum absolute atomic E-state index is 0.0273. The van der Waals surface area contributed by atoms with Gasteiger partial charge in [0.1, 0.15) is 12.3 Å². The predicted molar refractivity (Wildman–Crippen MR) is 109 cm³/mol. The van der Waals surface area contributed by atoms with E-state index in [-0.39, 0.29) is 25.0 Å². The first-order valence-electron chi connectivity index (χ1n) is 8.79. The average Bonchev–Trinajstić information content (AvgIpc) is 2.94. The SMILES string of the molecule is CCCCN(CC(=O)Nc1nc(C)c(C)s1)C(=O)COc1ccc(Cl)cc1. The molecule has 2 aromatic rings. The van der Waals surface area contributed by atoms with Crippen LogP contribution in [-0.2, 0) is 9.59 Å². The van der Waals surface area contributed by atoms with Crippen LogP contribution in [-0.4, -0.2) is 41.4 Å². The van der Waals surface area contributed by atoms with Gasteiger partial charge in [0.05, 0.1) is 5.69 Å². The number of benzene rings is 1. The summed E-state index contributed by atoms with van der Waals surface area (Å²) < 4.78 is 5.51. The molecule has 0 atom stereocenters. The van der Waals surface area contributed by atoms with Crippen molar-refractivity contribution in [3.05, 3.63) is 39.9 Å². The van der Waals surface area contributed by atoms with Crippen molar-refractivity contribution in [2.45, 2.75) is 33.6 Å². The molecule has 0 radical (unpaired) electrons. The number of thiazole rings is 1. The summed E-state index contributed by atoms with van der Waals surface area (Å²) in [5.74, 6) is 0.0566. The third kappa shape index (κ3) is 6.84. The summed E-state index contributed by atoms with van der Waals surface area (Å²) in [6.45, 7) is 6.23. The lowest BCUT2D eigenvalue weighted by Gasteiger charge is -2.22. The summed E-state index contributed by atoms with van der Waals surface area (Å²) in [6.07, 6.45) is 1.74. The number of hydrogen-bond donors (Lipinski definition) is 1. The highest BCUT2D eigenvalue weighted by atomic mass is 35.5. The van der Waals surface area contributed by atoms with E-state index < -0.39 is 0 Å². The van der Waals surface area contributed by atoms with Crippen molar-refractivity contribution in [3.63, 3.8) is 0 Å². The number of aromatic nitrogens is 1. The molecule has 2 rings (SSSR count). The van der Waals surface area contributed by atoms with Crippen LogP contribution in [0.1, 0.15) is 30.3 Å². The molecule has 8 heteroatoms. The van der Waals surface area contributed by atoms with E-state index in [0.717, 1.165) is 23.4 Å². The van der Waals surface area contributed by atoms with Crippen molar-refractivity contribution in [2.75, 3.05) is 25.0 Å². The number of carbonyl (C=O) groups is 2. The van der Waals surface area contributed by atoms with Gasteiger partial charge in [-0.25, -0.2) is 4.98 Å². The van der Waals surface area contributed by atoms with E-state index in [1.54, 1.807) is 24.3 Å². The number of hydrogen-bond acceptors (Lipinski definition) is 5. The molecule has 0 aliphatic rings. The molecule has 1 heterocycles. The number of amides is 2. The van der Waals surface area contributed by atoms with Crippen LogP contribution in [0.3, 0.4) is 0 Å². The number of aryl methyl sites for hydroxylation is 2. The number of halogens is 1. The molecule has 146 valence electrons. The largest absolute Gasteiger partial charge is 0.484 e. The summed E-state index contributed by atoms with van der Waals surface area (Å²) in [6, 6.07) is 6.79. The highest BCUT2D eigenvalue weighted by molar-refractivity contribution is 7.15. The standard InChI is InChI=1S/C19H24ClN3O3S/c1-4-5-10-23(11-17(24)22-19-21-13(2)14(3)27-19)18(25)12-26-16-8-6-15(20)7-9-16/h6-9H,4-5,10-12H2,1-3H3,(H,21,22,24). The number of carbonyl (C=O) groups excluding carboxylic acids is 2. The Morgan fingerprint density at radius 3 is 2.56 bits per heavy atom. The second-order valence-electron chi connectivity index (χ2n) is 6.12. The Balaban J connectivity index is 1.92. The molecule has 0 aliphatic heterocycles. The monoisotopic (exact) mass is 409 g/mol. The molecule has 1 N–H and O–H groups in total. The zero-order chi connectivity index (χ0) is 19.8. The Kier molecular flexibility index (Phi) is 8.06. The van der Waals surface area contributed by atoms with Gasteiger partial charge in [-0.15, -0.1) is 11.3 Å². The summed E-state index contributed by atoms with van der Waals surface area (Å²) in [5.41, 5.74) is 0.894. The summed E-state index contributed by atoms with van der Waals surface area (Å²) >= 11 is 7.26. The Morgan fingerprint density at radius 2 is 1.96 bits per heavy atom. The van der Waals surface area contributed by atoms with Gasteiger partial charge in [0.2, 0.25) is 5.91 Å². The number of nitrogens with one attached hydrogen (secondary N) is 1. The minimum Gasteiger partial charge on any atom is -0.484 e. The summed E-state index contributed by atoms with van der Waals surface area (Å²) in [7, 11) is 0. The van der Waals surface area contributed by atoms with Crippen molar-refractivity contribution in [2.24, 2.45) is 0 Å². The molecule has 0 spiro atoms. The zero-order valence-corrected chi connectivity index (χ0v) is 17.3. The number of ether oxygens (including phenoxy) is 1. The second-order valence-corrected chi connectivity index (χ2v) is 7.76. The van der Waals surface area contributed by atoms with Gasteiger partial charge >= 0.3 is 0 Å². The van der Waals surface area contributed by atoms with Crippen LogP contribution in [0.5, 0.6) is 5.75 Å². The first-order valence-corrected chi connectivity index (χ1v) is 9.98. The van der Waals surface area contributed by atoms with Gasteiger partial charge in [-0.3, -0.25) is 9.59 Å². The van der Waals surface area contributed by atoms with E-state index >= 15 is 0 Å². The normalized spacial score (nSPS) is 10.5. The molecule has 1 aromatic heterocycles. The van der Waals surface area contributed by atoms with E-state index in [9.17, 15) is 9.59 Å². The number of rotatable bonds is 9. The predicted octanol–water partition coefficient (Wildman–Crippen LogP) is 4.06. The molecule has 0 saturated heterocycles. The topological polar surface area (TPSA) is 71.5 Å². The van der Waals surface area contributed by atoms with Crippen LogP contribution in [0.15, 0.2) is 24.3 Å². The second kappa shape index (κ2) is 10.3. The maximum atomic E-state index is 12.5. The summed E-state index contributed by atoms with van der Waals surface area (Å²) in [4.78, 5) is 31.7. The Bertz CT molecular complexity index is 758. The first-order chi connectivity index (χ1) is 12.9. The lowest BCUT2D eigenvalue weighted by molar-refractivity contribution is -0.136. The molecule has 0 aliphatic carbocycles. The van der Waals surface area contributed by atoms with Crippen molar-refractivity contribution < 1.29 is 14.3 Å². The Labute approximate surface area is 168 Å². The smallest absolute Gasteiger partial charge is 0.260 e. The van der Waals surface area contributed by atoms with Crippen molar-refractivity contribution in [1.82, 2.24) is 9.88 Å². The lowest BCUT2D eigenvalue weighted by Crippen LogP contribution is -2.41. The fraction of sp³-hybridized carbons (Fsp3) is 0.421. The van der Waals surface area contributed by atoms with Gasteiger partial charge in [0.25, 0.3) is 5.91 Å². The van der Waals surface area contributed by atoms with Crippen LogP contribution in [0.4, 0.5) is 5.13 Å². The molecule has 0 fully saturated rings. The zero-order valence-electron chi connectivity index (χ0n) is 15.8. The molecule has 1 aromatic carbocycles. The maximum absolute atomic E-state index is 12.5. The Morgan fingerprint density at radius 1 is 1.26 bits per heavy atom. The molecule has 6 nitrogen and oxygen atoms in total. The molecular weight excluding hydrogens is 386 g/mol. The molecule has 0 unspecified atom stereocenters. The van der Waals surface area contributed by atoms with Crippen LogP contribution in [0.25, 0.3) is 0 Å². The number of unbranched alkanes of at least 4 members (excludes halogenated alkanes) is 1. The molecule has 0 saturated carbocycles. The molecular formula is C19H24ClN3O3S. The molecule has 27 heavy (non-hydrogen) atoms. The van der Waals surface area contributed by atoms with Crippen LogP contribution in [0, 0.1) is 13.8 Å². The van der Waals surface area contributed by atoms with Gasteiger partial charge in [-0.05, 0) is 44.5 Å². The first kappa shape index (κ1) is 21.2. The van der Waals surface area contributed by atoms with Gasteiger partial charge in [-0.1, -0.05) is 24.9 Å². The number of nitrogens with zero attached hydrogens (tertiary/aromatic N) is 2. The summed E-state index contributed by atoms with van der Waals surface area (Å²) in [5, 5.41) is 3.92. The van der Waals surface area contributed by atoms with E-state index in [4.69, 9.17) is 16.3 Å². The fourth-order valence-electron chi connectivity index (χ4n) is 2.27.